The molecule has 1 aliphatic heterocycles. The first kappa shape index (κ1) is 14.3. The summed E-state index contributed by atoms with van der Waals surface area (Å²) in [6.07, 6.45) is 0.520. The Bertz CT molecular complexity index is 384. The molecule has 2 rings (SSSR count). The fourth-order valence-electron chi connectivity index (χ4n) is 2.79. The van der Waals surface area contributed by atoms with Crippen molar-refractivity contribution in [2.24, 2.45) is 5.73 Å². The summed E-state index contributed by atoms with van der Waals surface area (Å²) in [4.78, 5) is 2.42. The lowest BCUT2D eigenvalue weighted by Gasteiger charge is -2.40. The topological polar surface area (TPSA) is 47.7 Å². The predicted octanol–water partition coefficient (Wildman–Crippen LogP) is 1.80. The number of rotatable bonds is 4. The maximum absolute atomic E-state index is 5.98. The first-order valence-corrected chi connectivity index (χ1v) is 6.87. The highest BCUT2D eigenvalue weighted by atomic mass is 16.5. The second kappa shape index (κ2) is 6.37. The average molecular weight is 264 g/mol. The second-order valence-corrected chi connectivity index (χ2v) is 5.24. The van der Waals surface area contributed by atoms with Gasteiger partial charge in [-0.3, -0.25) is 4.90 Å². The lowest BCUT2D eigenvalue weighted by Crippen LogP contribution is -2.48. The number of benzene rings is 1. The molecule has 1 fully saturated rings. The zero-order valence-electron chi connectivity index (χ0n) is 12.0. The van der Waals surface area contributed by atoms with E-state index in [9.17, 15) is 0 Å². The SMILES string of the molecule is COc1ccc(C(CN)N2CC(C)OC(C)C2)cc1. The molecular weight excluding hydrogens is 240 g/mol. The van der Waals surface area contributed by atoms with Gasteiger partial charge in [0.2, 0.25) is 0 Å². The quantitative estimate of drug-likeness (QED) is 0.901. The Balaban J connectivity index is 2.13. The molecule has 0 radical (unpaired) electrons. The van der Waals surface area contributed by atoms with Crippen LogP contribution in [-0.2, 0) is 4.74 Å². The molecule has 0 aliphatic carbocycles. The predicted molar refractivity (Wildman–Crippen MR) is 76.4 cm³/mol. The minimum absolute atomic E-state index is 0.250. The molecule has 4 nitrogen and oxygen atoms in total. The highest BCUT2D eigenvalue weighted by Gasteiger charge is 2.28. The summed E-state index contributed by atoms with van der Waals surface area (Å²) in [5.74, 6) is 0.878. The van der Waals surface area contributed by atoms with Gasteiger partial charge in [-0.15, -0.1) is 0 Å². The van der Waals surface area contributed by atoms with Crippen LogP contribution in [0.15, 0.2) is 24.3 Å². The summed E-state index contributed by atoms with van der Waals surface area (Å²) >= 11 is 0. The molecule has 3 unspecified atom stereocenters. The molecule has 0 aromatic heterocycles. The molecule has 1 heterocycles. The molecular formula is C15H24N2O2. The Labute approximate surface area is 115 Å². The van der Waals surface area contributed by atoms with Gasteiger partial charge in [-0.2, -0.15) is 0 Å². The first-order chi connectivity index (χ1) is 9.13. The van der Waals surface area contributed by atoms with Gasteiger partial charge in [-0.25, -0.2) is 0 Å². The number of hydrogen-bond donors (Lipinski definition) is 1. The van der Waals surface area contributed by atoms with Crippen molar-refractivity contribution in [2.45, 2.75) is 32.1 Å². The molecule has 0 amide bonds. The summed E-state index contributed by atoms with van der Waals surface area (Å²) in [5.41, 5.74) is 7.22. The molecule has 0 bridgehead atoms. The standard InChI is InChI=1S/C15H24N2O2/c1-11-9-17(10-12(2)19-11)15(8-16)13-4-6-14(18-3)7-5-13/h4-7,11-12,15H,8-10,16H2,1-3H3. The summed E-state index contributed by atoms with van der Waals surface area (Å²) < 4.78 is 11.0. The van der Waals surface area contributed by atoms with E-state index in [0.717, 1.165) is 18.8 Å². The summed E-state index contributed by atoms with van der Waals surface area (Å²) in [6.45, 7) is 6.71. The maximum Gasteiger partial charge on any atom is 0.118 e. The van der Waals surface area contributed by atoms with E-state index in [2.05, 4.69) is 30.9 Å². The molecule has 2 N–H and O–H groups in total. The average Bonchev–Trinajstić information content (AvgIpc) is 2.39. The van der Waals surface area contributed by atoms with Crippen LogP contribution in [0.5, 0.6) is 5.75 Å². The van der Waals surface area contributed by atoms with E-state index < -0.39 is 0 Å². The summed E-state index contributed by atoms with van der Waals surface area (Å²) in [6, 6.07) is 8.43. The van der Waals surface area contributed by atoms with Gasteiger partial charge in [0.1, 0.15) is 5.75 Å². The smallest absolute Gasteiger partial charge is 0.118 e. The summed E-state index contributed by atoms with van der Waals surface area (Å²) in [7, 11) is 1.68. The van der Waals surface area contributed by atoms with Crippen LogP contribution < -0.4 is 10.5 Å². The molecule has 3 atom stereocenters. The van der Waals surface area contributed by atoms with Gasteiger partial charge in [0.15, 0.2) is 0 Å². The Morgan fingerprint density at radius 3 is 2.32 bits per heavy atom. The fourth-order valence-corrected chi connectivity index (χ4v) is 2.79. The van der Waals surface area contributed by atoms with Crippen LogP contribution in [0.25, 0.3) is 0 Å². The normalized spacial score (nSPS) is 26.1. The van der Waals surface area contributed by atoms with Crippen LogP contribution in [-0.4, -0.2) is 43.9 Å². The minimum atomic E-state index is 0.250. The van der Waals surface area contributed by atoms with E-state index in [-0.39, 0.29) is 18.2 Å². The Kier molecular flexibility index (Phi) is 4.80. The number of nitrogens with two attached hydrogens (primary N) is 1. The van der Waals surface area contributed by atoms with Crippen molar-refractivity contribution in [3.8, 4) is 5.75 Å². The van der Waals surface area contributed by atoms with Crippen LogP contribution >= 0.6 is 0 Å². The molecule has 1 aliphatic rings. The highest BCUT2D eigenvalue weighted by molar-refractivity contribution is 5.29. The molecule has 1 aromatic rings. The highest BCUT2D eigenvalue weighted by Crippen LogP contribution is 2.25. The lowest BCUT2D eigenvalue weighted by atomic mass is 10.0. The molecule has 106 valence electrons. The van der Waals surface area contributed by atoms with Crippen molar-refractivity contribution in [2.75, 3.05) is 26.7 Å². The zero-order chi connectivity index (χ0) is 13.8. The van der Waals surface area contributed by atoms with E-state index in [1.54, 1.807) is 7.11 Å². The zero-order valence-corrected chi connectivity index (χ0v) is 12.0. The van der Waals surface area contributed by atoms with E-state index >= 15 is 0 Å². The van der Waals surface area contributed by atoms with E-state index in [4.69, 9.17) is 15.2 Å². The van der Waals surface area contributed by atoms with Crippen molar-refractivity contribution in [1.82, 2.24) is 4.90 Å². The first-order valence-electron chi connectivity index (χ1n) is 6.87. The fraction of sp³-hybridized carbons (Fsp3) is 0.600. The molecule has 1 saturated heterocycles. The number of hydrogen-bond acceptors (Lipinski definition) is 4. The second-order valence-electron chi connectivity index (χ2n) is 5.24. The molecule has 1 aromatic carbocycles. The van der Waals surface area contributed by atoms with Crippen LogP contribution in [0, 0.1) is 0 Å². The number of morpholine rings is 1. The maximum atomic E-state index is 5.98. The third-order valence-electron chi connectivity index (χ3n) is 3.61. The van der Waals surface area contributed by atoms with Gasteiger partial charge in [-0.05, 0) is 31.5 Å². The van der Waals surface area contributed by atoms with Crippen molar-refractivity contribution in [3.05, 3.63) is 29.8 Å². The number of nitrogens with zero attached hydrogens (tertiary/aromatic N) is 1. The van der Waals surface area contributed by atoms with Crippen LogP contribution in [0.4, 0.5) is 0 Å². The minimum Gasteiger partial charge on any atom is -0.497 e. The molecule has 19 heavy (non-hydrogen) atoms. The Morgan fingerprint density at radius 1 is 1.26 bits per heavy atom. The van der Waals surface area contributed by atoms with Gasteiger partial charge >= 0.3 is 0 Å². The van der Waals surface area contributed by atoms with E-state index in [0.29, 0.717) is 6.54 Å². The van der Waals surface area contributed by atoms with Crippen molar-refractivity contribution >= 4 is 0 Å². The number of ether oxygens (including phenoxy) is 2. The van der Waals surface area contributed by atoms with Gasteiger partial charge < -0.3 is 15.2 Å². The van der Waals surface area contributed by atoms with Crippen molar-refractivity contribution in [3.63, 3.8) is 0 Å². The van der Waals surface area contributed by atoms with Crippen LogP contribution in [0.3, 0.4) is 0 Å². The monoisotopic (exact) mass is 264 g/mol. The van der Waals surface area contributed by atoms with Gasteiger partial charge in [0.05, 0.1) is 19.3 Å². The Morgan fingerprint density at radius 2 is 1.84 bits per heavy atom. The van der Waals surface area contributed by atoms with Gasteiger partial charge in [0.25, 0.3) is 0 Å². The van der Waals surface area contributed by atoms with Crippen molar-refractivity contribution in [1.29, 1.82) is 0 Å². The van der Waals surface area contributed by atoms with E-state index in [1.807, 2.05) is 12.1 Å². The van der Waals surface area contributed by atoms with Crippen LogP contribution in [0.1, 0.15) is 25.5 Å². The molecule has 4 heteroatoms. The van der Waals surface area contributed by atoms with E-state index in [1.165, 1.54) is 5.56 Å². The molecule has 0 spiro atoms. The van der Waals surface area contributed by atoms with Gasteiger partial charge in [-0.1, -0.05) is 12.1 Å². The summed E-state index contributed by atoms with van der Waals surface area (Å²) in [5, 5.41) is 0. The third-order valence-corrected chi connectivity index (χ3v) is 3.61. The van der Waals surface area contributed by atoms with Crippen molar-refractivity contribution < 1.29 is 9.47 Å². The number of methoxy groups -OCH3 is 1. The van der Waals surface area contributed by atoms with Gasteiger partial charge in [0, 0.05) is 25.7 Å². The van der Waals surface area contributed by atoms with Crippen LogP contribution in [0.2, 0.25) is 0 Å². The third kappa shape index (κ3) is 3.47. The largest absolute Gasteiger partial charge is 0.497 e. The Hall–Kier alpha value is -1.10. The molecule has 0 saturated carbocycles. The lowest BCUT2D eigenvalue weighted by molar-refractivity contribution is -0.0799.